The normalized spacial score (nSPS) is 17.3. The predicted molar refractivity (Wildman–Crippen MR) is 134 cm³/mol. The molecular formula is C24H26ClN5OS. The van der Waals surface area contributed by atoms with Crippen LogP contribution in [0.2, 0.25) is 5.02 Å². The number of fused-ring (bicyclic) bond motifs is 1. The third-order valence-corrected chi connectivity index (χ3v) is 7.29. The molecule has 166 valence electrons. The van der Waals surface area contributed by atoms with E-state index in [4.69, 9.17) is 17.0 Å². The number of halogens is 1. The van der Waals surface area contributed by atoms with Crippen molar-refractivity contribution in [3.8, 4) is 5.69 Å². The summed E-state index contributed by atoms with van der Waals surface area (Å²) >= 11 is 7.64. The van der Waals surface area contributed by atoms with Gasteiger partial charge < -0.3 is 4.57 Å². The number of carbonyl (C=O) groups is 1. The molecule has 2 aliphatic rings. The average molecular weight is 468 g/mol. The van der Waals surface area contributed by atoms with Gasteiger partial charge in [0.05, 0.1) is 5.57 Å². The van der Waals surface area contributed by atoms with E-state index >= 15 is 0 Å². The molecule has 0 bridgehead atoms. The number of benzene rings is 1. The highest BCUT2D eigenvalue weighted by Gasteiger charge is 2.37. The summed E-state index contributed by atoms with van der Waals surface area (Å²) in [6.45, 7) is 10.3. The third kappa shape index (κ3) is 3.84. The number of aromatic nitrogens is 1. The van der Waals surface area contributed by atoms with Gasteiger partial charge in [-0.1, -0.05) is 31.5 Å². The summed E-state index contributed by atoms with van der Waals surface area (Å²) < 4.78 is 2.12. The van der Waals surface area contributed by atoms with E-state index in [-0.39, 0.29) is 11.4 Å². The van der Waals surface area contributed by atoms with Gasteiger partial charge in [-0.3, -0.25) is 10.2 Å². The minimum absolute atomic E-state index is 0.0668. The SMILES string of the molecule is CCC(CC)C1=NN2C(=N)C(=Cc3cc(C)n(-c4cc(Cl)ccc4C)c3C)C(=O)N=C2S1. The van der Waals surface area contributed by atoms with Crippen molar-refractivity contribution in [3.05, 3.63) is 57.4 Å². The first-order valence-corrected chi connectivity index (χ1v) is 11.9. The molecule has 0 atom stereocenters. The van der Waals surface area contributed by atoms with Crippen LogP contribution in [0.1, 0.15) is 49.2 Å². The van der Waals surface area contributed by atoms with E-state index in [1.807, 2.05) is 45.0 Å². The Morgan fingerprint density at radius 2 is 1.91 bits per heavy atom. The van der Waals surface area contributed by atoms with E-state index in [1.165, 1.54) is 16.8 Å². The second-order valence-corrected chi connectivity index (χ2v) is 9.49. The lowest BCUT2D eigenvalue weighted by atomic mass is 10.1. The number of amides is 1. The number of hydrogen-bond acceptors (Lipinski definition) is 4. The molecule has 0 radical (unpaired) electrons. The second-order valence-electron chi connectivity index (χ2n) is 8.06. The minimum atomic E-state index is -0.404. The van der Waals surface area contributed by atoms with E-state index < -0.39 is 5.91 Å². The Bertz CT molecular complexity index is 1220. The van der Waals surface area contributed by atoms with Gasteiger partial charge in [-0.15, -0.1) is 0 Å². The van der Waals surface area contributed by atoms with Gasteiger partial charge in [-0.2, -0.15) is 15.1 Å². The van der Waals surface area contributed by atoms with Gasteiger partial charge in [-0.25, -0.2) is 0 Å². The van der Waals surface area contributed by atoms with Crippen molar-refractivity contribution in [2.75, 3.05) is 0 Å². The summed E-state index contributed by atoms with van der Waals surface area (Å²) in [5, 5.41) is 16.8. The van der Waals surface area contributed by atoms with Crippen molar-refractivity contribution in [1.82, 2.24) is 9.58 Å². The van der Waals surface area contributed by atoms with Crippen LogP contribution in [0.3, 0.4) is 0 Å². The van der Waals surface area contributed by atoms with Crippen LogP contribution in [-0.4, -0.2) is 31.5 Å². The number of aliphatic imine (C=N–C) groups is 1. The highest BCUT2D eigenvalue weighted by Crippen LogP contribution is 2.33. The maximum absolute atomic E-state index is 12.8. The molecule has 0 saturated carbocycles. The smallest absolute Gasteiger partial charge is 0.283 e. The van der Waals surface area contributed by atoms with Gasteiger partial charge >= 0.3 is 0 Å². The van der Waals surface area contributed by atoms with Crippen LogP contribution in [0.25, 0.3) is 11.8 Å². The molecule has 0 saturated heterocycles. The summed E-state index contributed by atoms with van der Waals surface area (Å²) in [5.74, 6) is -0.0285. The van der Waals surface area contributed by atoms with Gasteiger partial charge in [0, 0.05) is 28.0 Å². The summed E-state index contributed by atoms with van der Waals surface area (Å²) in [6, 6.07) is 7.82. The van der Waals surface area contributed by atoms with E-state index in [0.717, 1.165) is 46.1 Å². The van der Waals surface area contributed by atoms with Crippen LogP contribution in [0, 0.1) is 32.1 Å². The third-order valence-electron chi connectivity index (χ3n) is 5.99. The fraction of sp³-hybridized carbons (Fsp3) is 0.333. The lowest BCUT2D eigenvalue weighted by molar-refractivity contribution is -0.114. The molecule has 0 aliphatic carbocycles. The van der Waals surface area contributed by atoms with Crippen molar-refractivity contribution in [3.63, 3.8) is 0 Å². The first kappa shape index (κ1) is 22.6. The zero-order valence-corrected chi connectivity index (χ0v) is 20.4. The van der Waals surface area contributed by atoms with Crippen LogP contribution in [0.15, 0.2) is 39.9 Å². The molecule has 1 amide bonds. The Balaban J connectivity index is 1.74. The molecular weight excluding hydrogens is 442 g/mol. The zero-order valence-electron chi connectivity index (χ0n) is 18.9. The number of rotatable bonds is 5. The Labute approximate surface area is 197 Å². The van der Waals surface area contributed by atoms with Gasteiger partial charge in [0.2, 0.25) is 5.17 Å². The number of thioether (sulfide) groups is 1. The molecule has 6 nitrogen and oxygen atoms in total. The number of hydrogen-bond donors (Lipinski definition) is 1. The molecule has 1 N–H and O–H groups in total. The van der Waals surface area contributed by atoms with Crippen LogP contribution in [-0.2, 0) is 4.79 Å². The van der Waals surface area contributed by atoms with E-state index in [0.29, 0.717) is 16.1 Å². The van der Waals surface area contributed by atoms with E-state index in [9.17, 15) is 4.79 Å². The molecule has 0 spiro atoms. The van der Waals surface area contributed by atoms with Gasteiger partial charge in [0.15, 0.2) is 5.84 Å². The van der Waals surface area contributed by atoms with Crippen molar-refractivity contribution < 1.29 is 4.79 Å². The highest BCUT2D eigenvalue weighted by atomic mass is 35.5. The molecule has 2 aliphatic heterocycles. The number of amidine groups is 2. The Kier molecular flexibility index (Phi) is 6.14. The second kappa shape index (κ2) is 8.71. The highest BCUT2D eigenvalue weighted by molar-refractivity contribution is 8.27. The summed E-state index contributed by atoms with van der Waals surface area (Å²) in [7, 11) is 0. The zero-order chi connectivity index (χ0) is 23.2. The molecule has 1 aromatic carbocycles. The molecule has 2 aromatic rings. The quantitative estimate of drug-likeness (QED) is 0.539. The van der Waals surface area contributed by atoms with Crippen molar-refractivity contribution in [1.29, 1.82) is 5.41 Å². The van der Waals surface area contributed by atoms with Crippen molar-refractivity contribution >= 4 is 51.4 Å². The number of aryl methyl sites for hydroxylation is 2. The topological polar surface area (TPSA) is 73.8 Å². The van der Waals surface area contributed by atoms with Gasteiger partial charge in [0.25, 0.3) is 5.91 Å². The molecule has 32 heavy (non-hydrogen) atoms. The molecule has 4 rings (SSSR count). The van der Waals surface area contributed by atoms with E-state index in [2.05, 4.69) is 28.5 Å². The molecule has 8 heteroatoms. The lowest BCUT2D eigenvalue weighted by Crippen LogP contribution is -2.35. The van der Waals surface area contributed by atoms with Crippen molar-refractivity contribution in [2.45, 2.75) is 47.5 Å². The standard InChI is InChI=1S/C24H26ClN5OS/c1-6-16(7-2)23-28-30-21(26)19(22(31)27-24(30)32-23)11-17-10-14(4)29(15(17)5)20-12-18(25)9-8-13(20)3/h8-12,16,26H,6-7H2,1-5H3. The first-order valence-electron chi connectivity index (χ1n) is 10.7. The first-order chi connectivity index (χ1) is 15.2. The maximum Gasteiger partial charge on any atom is 0.283 e. The summed E-state index contributed by atoms with van der Waals surface area (Å²) in [5.41, 5.74) is 5.19. The summed E-state index contributed by atoms with van der Waals surface area (Å²) in [4.78, 5) is 17.1. The molecule has 0 fully saturated rings. The van der Waals surface area contributed by atoms with Gasteiger partial charge in [0.1, 0.15) is 5.04 Å². The van der Waals surface area contributed by atoms with Crippen LogP contribution in [0.4, 0.5) is 0 Å². The molecule has 1 aromatic heterocycles. The predicted octanol–water partition coefficient (Wildman–Crippen LogP) is 6.11. The monoisotopic (exact) mass is 467 g/mol. The van der Waals surface area contributed by atoms with Crippen LogP contribution >= 0.6 is 23.4 Å². The number of nitrogens with one attached hydrogen (secondary N) is 1. The van der Waals surface area contributed by atoms with Crippen LogP contribution < -0.4 is 0 Å². The minimum Gasteiger partial charge on any atom is -0.318 e. The lowest BCUT2D eigenvalue weighted by Gasteiger charge is -2.20. The number of nitrogens with zero attached hydrogens (tertiary/aromatic N) is 4. The number of carbonyl (C=O) groups excluding carboxylic acids is 1. The molecule has 0 unspecified atom stereocenters. The fourth-order valence-corrected chi connectivity index (χ4v) is 5.42. The molecule has 3 heterocycles. The van der Waals surface area contributed by atoms with E-state index in [1.54, 1.807) is 6.08 Å². The maximum atomic E-state index is 12.8. The largest absolute Gasteiger partial charge is 0.318 e. The van der Waals surface area contributed by atoms with Crippen molar-refractivity contribution in [2.24, 2.45) is 16.0 Å². The van der Waals surface area contributed by atoms with Crippen LogP contribution in [0.5, 0.6) is 0 Å². The average Bonchev–Trinajstić information content (AvgIpc) is 3.29. The van der Waals surface area contributed by atoms with Gasteiger partial charge in [-0.05, 0) is 80.8 Å². The summed E-state index contributed by atoms with van der Waals surface area (Å²) in [6.07, 6.45) is 3.67. The Hall–Kier alpha value is -2.64. The fourth-order valence-electron chi connectivity index (χ4n) is 4.09. The Morgan fingerprint density at radius 1 is 1.19 bits per heavy atom. The number of hydrazone groups is 1. The Morgan fingerprint density at radius 3 is 2.59 bits per heavy atom.